The van der Waals surface area contributed by atoms with E-state index in [1.54, 1.807) is 0 Å². The molecule has 0 fully saturated rings. The van der Waals surface area contributed by atoms with Crippen LogP contribution in [-0.4, -0.2) is 0 Å². The van der Waals surface area contributed by atoms with Crippen molar-refractivity contribution < 1.29 is 0 Å². The van der Waals surface area contributed by atoms with Gasteiger partial charge in [-0.3, -0.25) is 0 Å². The summed E-state index contributed by atoms with van der Waals surface area (Å²) in [6, 6.07) is 54.8. The van der Waals surface area contributed by atoms with E-state index in [4.69, 9.17) is 0 Å². The molecule has 0 atom stereocenters. The van der Waals surface area contributed by atoms with Gasteiger partial charge >= 0.3 is 0 Å². The fourth-order valence-electron chi connectivity index (χ4n) is 7.57. The summed E-state index contributed by atoms with van der Waals surface area (Å²) in [5, 5.41) is 12.9. The zero-order valence-corrected chi connectivity index (χ0v) is 28.7. The van der Waals surface area contributed by atoms with Crippen molar-refractivity contribution in [1.82, 2.24) is 0 Å². The maximum absolute atomic E-state index is 4.37. The van der Waals surface area contributed by atoms with Crippen molar-refractivity contribution in [2.45, 2.75) is 51.4 Å². The zero-order valence-electron chi connectivity index (χ0n) is 26.9. The van der Waals surface area contributed by atoms with E-state index in [2.05, 4.69) is 151 Å². The van der Waals surface area contributed by atoms with E-state index in [1.165, 1.54) is 104 Å². The van der Waals surface area contributed by atoms with Crippen molar-refractivity contribution >= 4 is 59.0 Å². The molecule has 0 amide bonds. The third-order valence-corrected chi connectivity index (χ3v) is 14.8. The first kappa shape index (κ1) is 30.3. The Kier molecular flexibility index (Phi) is 9.03. The van der Waals surface area contributed by atoms with Gasteiger partial charge in [0.2, 0.25) is 0 Å². The van der Waals surface area contributed by atoms with Crippen LogP contribution in [0.3, 0.4) is 0 Å². The van der Waals surface area contributed by atoms with E-state index in [1.807, 2.05) is 0 Å². The van der Waals surface area contributed by atoms with Gasteiger partial charge in [0.25, 0.3) is 0 Å². The van der Waals surface area contributed by atoms with Gasteiger partial charge in [-0.2, -0.15) is 0 Å². The quantitative estimate of drug-likeness (QED) is 0.163. The van der Waals surface area contributed by atoms with Gasteiger partial charge in [0.15, 0.2) is 0 Å². The third kappa shape index (κ3) is 6.21. The minimum absolute atomic E-state index is 0.759. The maximum Gasteiger partial charge on any atom is 0.0504 e. The Hall–Kier alpha value is -4.02. The fourth-order valence-corrected chi connectivity index (χ4v) is 12.4. The molecule has 0 aliphatic heterocycles. The van der Waals surface area contributed by atoms with Crippen molar-refractivity contribution in [1.29, 1.82) is 0 Å². The van der Waals surface area contributed by atoms with Gasteiger partial charge < -0.3 is 5.32 Å². The Morgan fingerprint density at radius 1 is 0.340 bits per heavy atom. The summed E-state index contributed by atoms with van der Waals surface area (Å²) in [5.41, 5.74) is 8.87. The average molecular weight is 646 g/mol. The van der Waals surface area contributed by atoms with Crippen molar-refractivity contribution in [2.24, 2.45) is 0 Å². The summed E-state index contributed by atoms with van der Waals surface area (Å²) < 4.78 is 0. The van der Waals surface area contributed by atoms with Crippen LogP contribution in [-0.2, 0) is 25.7 Å². The molecule has 1 N–H and O–H groups in total. The third-order valence-electron chi connectivity index (χ3n) is 9.81. The SMILES string of the molecule is c1ccc(P(c2ccccc2)c2ccc3c(c2Nc2c(P(c4ccccc4)c4ccccc4)ccc4c2CCCC4)CCCC3)cc1. The van der Waals surface area contributed by atoms with Gasteiger partial charge in [-0.05, 0) is 111 Å². The summed E-state index contributed by atoms with van der Waals surface area (Å²) >= 11 is 0. The number of anilines is 2. The monoisotopic (exact) mass is 645 g/mol. The standard InChI is InChI=1S/C44H41NP2/c1-5-19-35(20-6-1)46(36-21-7-2-8-22-36)41-31-29-33-17-13-15-27-39(33)43(41)45-44-40-28-16-14-18-34(40)30-32-42(44)47(37-23-9-3-10-24-37)38-25-11-4-12-26-38/h1-12,19-26,29-32,45H,13-18,27-28H2. The number of rotatable bonds is 8. The summed E-state index contributed by atoms with van der Waals surface area (Å²) in [7, 11) is -1.52. The molecule has 0 spiro atoms. The Balaban J connectivity index is 1.37. The van der Waals surface area contributed by atoms with Crippen molar-refractivity contribution in [3.05, 3.63) is 168 Å². The van der Waals surface area contributed by atoms with Gasteiger partial charge in [-0.15, -0.1) is 0 Å². The second-order valence-corrected chi connectivity index (χ2v) is 17.1. The molecule has 47 heavy (non-hydrogen) atoms. The molecule has 0 saturated carbocycles. The molecular weight excluding hydrogens is 604 g/mol. The van der Waals surface area contributed by atoms with Crippen LogP contribution in [0.15, 0.2) is 146 Å². The smallest absolute Gasteiger partial charge is 0.0504 e. The van der Waals surface area contributed by atoms with Crippen LogP contribution < -0.4 is 37.1 Å². The predicted octanol–water partition coefficient (Wildman–Crippen LogP) is 8.70. The molecule has 0 radical (unpaired) electrons. The molecule has 0 saturated heterocycles. The van der Waals surface area contributed by atoms with Gasteiger partial charge in [-0.1, -0.05) is 146 Å². The molecule has 6 aromatic rings. The first-order valence-electron chi connectivity index (χ1n) is 17.2. The highest BCUT2D eigenvalue weighted by Gasteiger charge is 2.29. The number of nitrogens with one attached hydrogen (secondary N) is 1. The van der Waals surface area contributed by atoms with E-state index in [9.17, 15) is 0 Å². The van der Waals surface area contributed by atoms with Crippen molar-refractivity contribution in [3.63, 3.8) is 0 Å². The highest BCUT2D eigenvalue weighted by molar-refractivity contribution is 7.80. The van der Waals surface area contributed by atoms with Gasteiger partial charge in [0.05, 0.1) is 11.4 Å². The summed E-state index contributed by atoms with van der Waals surface area (Å²) in [6.07, 6.45) is 9.65. The molecule has 6 aromatic carbocycles. The molecule has 1 nitrogen and oxygen atoms in total. The molecule has 232 valence electrons. The maximum atomic E-state index is 4.37. The van der Waals surface area contributed by atoms with Crippen LogP contribution in [0.1, 0.15) is 47.9 Å². The van der Waals surface area contributed by atoms with E-state index in [0.29, 0.717) is 0 Å². The Bertz CT molecular complexity index is 1730. The second-order valence-electron chi connectivity index (χ2n) is 12.7. The predicted molar refractivity (Wildman–Crippen MR) is 207 cm³/mol. The van der Waals surface area contributed by atoms with Crippen LogP contribution in [0.25, 0.3) is 0 Å². The van der Waals surface area contributed by atoms with E-state index in [-0.39, 0.29) is 0 Å². The second kappa shape index (κ2) is 14.0. The number of hydrogen-bond donors (Lipinski definition) is 1. The van der Waals surface area contributed by atoms with Crippen molar-refractivity contribution in [2.75, 3.05) is 5.32 Å². The van der Waals surface area contributed by atoms with Gasteiger partial charge in [0, 0.05) is 10.6 Å². The van der Waals surface area contributed by atoms with Gasteiger partial charge in [-0.25, -0.2) is 0 Å². The fraction of sp³-hybridized carbons (Fsp3) is 0.182. The summed E-state index contributed by atoms with van der Waals surface area (Å²) in [6.45, 7) is 0. The van der Waals surface area contributed by atoms with Crippen LogP contribution in [0.4, 0.5) is 11.4 Å². The van der Waals surface area contributed by atoms with Gasteiger partial charge in [0.1, 0.15) is 0 Å². The van der Waals surface area contributed by atoms with E-state index >= 15 is 0 Å². The lowest BCUT2D eigenvalue weighted by atomic mass is 9.89. The molecule has 0 aromatic heterocycles. The van der Waals surface area contributed by atoms with Crippen LogP contribution in [0.2, 0.25) is 0 Å². The number of hydrogen-bond acceptors (Lipinski definition) is 1. The highest BCUT2D eigenvalue weighted by Crippen LogP contribution is 2.44. The lowest BCUT2D eigenvalue weighted by Crippen LogP contribution is -2.28. The van der Waals surface area contributed by atoms with E-state index in [0.717, 1.165) is 12.8 Å². The molecule has 0 bridgehead atoms. The van der Waals surface area contributed by atoms with Crippen molar-refractivity contribution in [3.8, 4) is 0 Å². The highest BCUT2D eigenvalue weighted by atomic mass is 31.1. The largest absolute Gasteiger partial charge is 0.354 e. The normalized spacial score (nSPS) is 14.1. The number of benzene rings is 6. The Labute approximate surface area is 282 Å². The van der Waals surface area contributed by atoms with Crippen LogP contribution in [0, 0.1) is 0 Å². The number of aryl methyl sites for hydroxylation is 2. The molecule has 0 heterocycles. The minimum Gasteiger partial charge on any atom is -0.354 e. The lowest BCUT2D eigenvalue weighted by molar-refractivity contribution is 0.685. The van der Waals surface area contributed by atoms with Crippen LogP contribution in [0.5, 0.6) is 0 Å². The molecule has 8 rings (SSSR count). The molecule has 3 heteroatoms. The summed E-state index contributed by atoms with van der Waals surface area (Å²) in [4.78, 5) is 0. The van der Waals surface area contributed by atoms with Crippen LogP contribution >= 0.6 is 15.8 Å². The Morgan fingerprint density at radius 3 is 1.00 bits per heavy atom. The number of fused-ring (bicyclic) bond motifs is 2. The molecule has 2 aliphatic carbocycles. The molecule has 0 unspecified atom stereocenters. The first-order chi connectivity index (χ1) is 23.3. The topological polar surface area (TPSA) is 12.0 Å². The zero-order chi connectivity index (χ0) is 31.4. The molecular formula is C44H41NP2. The van der Waals surface area contributed by atoms with E-state index < -0.39 is 15.8 Å². The lowest BCUT2D eigenvalue weighted by Gasteiger charge is -2.32. The Morgan fingerprint density at radius 2 is 0.660 bits per heavy atom. The average Bonchev–Trinajstić information content (AvgIpc) is 3.15. The molecule has 2 aliphatic rings. The first-order valence-corrected chi connectivity index (χ1v) is 19.9. The minimum atomic E-state index is -0.759. The summed E-state index contributed by atoms with van der Waals surface area (Å²) in [5.74, 6) is 0.